The van der Waals surface area contributed by atoms with Crippen molar-refractivity contribution in [1.82, 2.24) is 5.43 Å². The summed E-state index contributed by atoms with van der Waals surface area (Å²) in [5, 5.41) is 4.97. The van der Waals surface area contributed by atoms with Crippen LogP contribution in [0.1, 0.15) is 16.7 Å². The summed E-state index contributed by atoms with van der Waals surface area (Å²) in [6.07, 6.45) is 1.46. The summed E-state index contributed by atoms with van der Waals surface area (Å²) < 4.78 is 33.6. The van der Waals surface area contributed by atoms with Crippen molar-refractivity contribution < 1.29 is 17.9 Å². The fraction of sp³-hybridized carbons (Fsp3) is 0.103. The molecule has 7 nitrogen and oxygen atoms in total. The van der Waals surface area contributed by atoms with Gasteiger partial charge < -0.3 is 4.74 Å². The molecule has 0 bridgehead atoms. The molecule has 0 aliphatic heterocycles. The van der Waals surface area contributed by atoms with Gasteiger partial charge in [0.25, 0.3) is 15.9 Å². The minimum Gasteiger partial charge on any atom is -0.489 e. The summed E-state index contributed by atoms with van der Waals surface area (Å²) in [7, 11) is -4.05. The van der Waals surface area contributed by atoms with Gasteiger partial charge in [-0.05, 0) is 84.8 Å². The van der Waals surface area contributed by atoms with E-state index < -0.39 is 22.5 Å². The van der Waals surface area contributed by atoms with Gasteiger partial charge in [-0.3, -0.25) is 9.10 Å². The first-order valence-electron chi connectivity index (χ1n) is 11.8. The molecule has 0 radical (unpaired) electrons. The molecule has 4 aromatic carbocycles. The zero-order valence-corrected chi connectivity index (χ0v) is 23.2. The summed E-state index contributed by atoms with van der Waals surface area (Å²) in [4.78, 5) is 12.8. The maximum Gasteiger partial charge on any atom is 0.264 e. The summed E-state index contributed by atoms with van der Waals surface area (Å²) >= 11 is 12.1. The molecule has 10 heteroatoms. The monoisotopic (exact) mass is 581 g/mol. The lowest BCUT2D eigenvalue weighted by atomic mass is 10.2. The lowest BCUT2D eigenvalue weighted by Crippen LogP contribution is -2.39. The number of amides is 1. The molecule has 1 N–H and O–H groups in total. The van der Waals surface area contributed by atoms with Gasteiger partial charge in [-0.2, -0.15) is 5.10 Å². The van der Waals surface area contributed by atoms with Gasteiger partial charge in [0.2, 0.25) is 0 Å². The van der Waals surface area contributed by atoms with E-state index in [1.165, 1.54) is 24.4 Å². The first-order chi connectivity index (χ1) is 18.7. The van der Waals surface area contributed by atoms with E-state index in [4.69, 9.17) is 27.9 Å². The Morgan fingerprint density at radius 1 is 0.923 bits per heavy atom. The number of halogens is 2. The molecule has 0 unspecified atom stereocenters. The Balaban J connectivity index is 1.40. The Morgan fingerprint density at radius 3 is 2.26 bits per heavy atom. The highest BCUT2D eigenvalue weighted by Gasteiger charge is 2.27. The van der Waals surface area contributed by atoms with E-state index in [-0.39, 0.29) is 10.6 Å². The second kappa shape index (κ2) is 12.8. The van der Waals surface area contributed by atoms with Crippen LogP contribution in [0.5, 0.6) is 5.75 Å². The van der Waals surface area contributed by atoms with E-state index in [2.05, 4.69) is 10.5 Å². The fourth-order valence-electron chi connectivity index (χ4n) is 3.57. The van der Waals surface area contributed by atoms with Crippen molar-refractivity contribution in [3.63, 3.8) is 0 Å². The molecule has 4 aromatic rings. The molecule has 0 spiro atoms. The average Bonchev–Trinajstić information content (AvgIpc) is 2.91. The van der Waals surface area contributed by atoms with Crippen molar-refractivity contribution in [3.05, 3.63) is 124 Å². The molecule has 0 aromatic heterocycles. The lowest BCUT2D eigenvalue weighted by Gasteiger charge is -2.24. The van der Waals surface area contributed by atoms with Crippen LogP contribution < -0.4 is 14.5 Å². The number of carbonyl (C=O) groups is 1. The number of carbonyl (C=O) groups excluding carboxylic acids is 1. The van der Waals surface area contributed by atoms with Gasteiger partial charge in [0.1, 0.15) is 18.9 Å². The Hall–Kier alpha value is -3.85. The number of hydrogen-bond acceptors (Lipinski definition) is 5. The SMILES string of the molecule is Cc1ccc(S(=O)(=O)N(CC(=O)N/N=C\c2ccc(OCc3cccc(Cl)c3)cc2)c2cccc(Cl)c2)cc1. The zero-order chi connectivity index (χ0) is 27.8. The number of hydrogen-bond donors (Lipinski definition) is 1. The fourth-order valence-corrected chi connectivity index (χ4v) is 5.38. The number of rotatable bonds is 10. The van der Waals surface area contributed by atoms with Crippen LogP contribution in [-0.2, 0) is 21.4 Å². The quantitative estimate of drug-likeness (QED) is 0.178. The van der Waals surface area contributed by atoms with Gasteiger partial charge in [-0.1, -0.05) is 59.1 Å². The molecule has 4 rings (SSSR count). The molecule has 0 fully saturated rings. The van der Waals surface area contributed by atoms with E-state index in [1.54, 1.807) is 60.7 Å². The van der Waals surface area contributed by atoms with Crippen LogP contribution >= 0.6 is 23.2 Å². The summed E-state index contributed by atoms with van der Waals surface area (Å²) in [5.41, 5.74) is 5.23. The number of anilines is 1. The van der Waals surface area contributed by atoms with Crippen LogP contribution in [-0.4, -0.2) is 27.1 Å². The predicted molar refractivity (Wildman–Crippen MR) is 155 cm³/mol. The first kappa shape index (κ1) is 28.2. The van der Waals surface area contributed by atoms with Crippen LogP contribution in [0.3, 0.4) is 0 Å². The highest BCUT2D eigenvalue weighted by atomic mass is 35.5. The minimum atomic E-state index is -4.05. The third kappa shape index (κ3) is 7.83. The van der Waals surface area contributed by atoms with Crippen molar-refractivity contribution in [3.8, 4) is 5.75 Å². The van der Waals surface area contributed by atoms with Gasteiger partial charge in [0.15, 0.2) is 0 Å². The second-order valence-corrected chi connectivity index (χ2v) is 11.3. The first-order valence-corrected chi connectivity index (χ1v) is 14.0. The summed E-state index contributed by atoms with van der Waals surface area (Å²) in [5.74, 6) is 0.0398. The van der Waals surface area contributed by atoms with E-state index in [0.717, 1.165) is 15.4 Å². The van der Waals surface area contributed by atoms with E-state index >= 15 is 0 Å². The smallest absolute Gasteiger partial charge is 0.264 e. The predicted octanol–water partition coefficient (Wildman–Crippen LogP) is 6.23. The van der Waals surface area contributed by atoms with Crippen molar-refractivity contribution in [2.24, 2.45) is 5.10 Å². The van der Waals surface area contributed by atoms with E-state index in [1.807, 2.05) is 25.1 Å². The Labute approximate surface area is 237 Å². The highest BCUT2D eigenvalue weighted by molar-refractivity contribution is 7.92. The maximum atomic E-state index is 13.4. The average molecular weight is 583 g/mol. The largest absolute Gasteiger partial charge is 0.489 e. The highest BCUT2D eigenvalue weighted by Crippen LogP contribution is 2.26. The molecule has 39 heavy (non-hydrogen) atoms. The standard InChI is InChI=1S/C29H25Cl2N3O4S/c1-21-8-14-28(15-9-21)39(36,37)34(26-7-3-6-25(31)17-26)19-29(35)33-32-18-22-10-12-27(13-11-22)38-20-23-4-2-5-24(30)16-23/h2-18H,19-20H2,1H3,(H,33,35)/b32-18-. The van der Waals surface area contributed by atoms with Crippen LogP contribution in [0.4, 0.5) is 5.69 Å². The topological polar surface area (TPSA) is 88.1 Å². The molecule has 1 amide bonds. The van der Waals surface area contributed by atoms with Gasteiger partial charge >= 0.3 is 0 Å². The van der Waals surface area contributed by atoms with Gasteiger partial charge in [0.05, 0.1) is 16.8 Å². The molecular weight excluding hydrogens is 557 g/mol. The molecule has 0 aliphatic carbocycles. The number of sulfonamides is 1. The van der Waals surface area contributed by atoms with E-state index in [0.29, 0.717) is 28.0 Å². The maximum absolute atomic E-state index is 13.4. The molecule has 0 atom stereocenters. The number of nitrogens with zero attached hydrogens (tertiary/aromatic N) is 2. The lowest BCUT2D eigenvalue weighted by molar-refractivity contribution is -0.119. The zero-order valence-electron chi connectivity index (χ0n) is 20.9. The number of hydrazone groups is 1. The van der Waals surface area contributed by atoms with Crippen LogP contribution in [0, 0.1) is 6.92 Å². The Bertz CT molecular complexity index is 1580. The van der Waals surface area contributed by atoms with Crippen LogP contribution in [0.15, 0.2) is 107 Å². The minimum absolute atomic E-state index is 0.0575. The van der Waals surface area contributed by atoms with Crippen molar-refractivity contribution >= 4 is 51.0 Å². The molecule has 0 saturated heterocycles. The molecule has 200 valence electrons. The van der Waals surface area contributed by atoms with Crippen molar-refractivity contribution in [2.75, 3.05) is 10.8 Å². The Morgan fingerprint density at radius 2 is 1.59 bits per heavy atom. The van der Waals surface area contributed by atoms with Crippen molar-refractivity contribution in [1.29, 1.82) is 0 Å². The van der Waals surface area contributed by atoms with Gasteiger partial charge in [-0.25, -0.2) is 13.8 Å². The summed E-state index contributed by atoms with van der Waals surface area (Å²) in [6.45, 7) is 1.74. The third-order valence-corrected chi connectivity index (χ3v) is 7.83. The van der Waals surface area contributed by atoms with Crippen molar-refractivity contribution in [2.45, 2.75) is 18.4 Å². The van der Waals surface area contributed by atoms with Gasteiger partial charge in [-0.15, -0.1) is 0 Å². The summed E-state index contributed by atoms with van der Waals surface area (Å²) in [6, 6.07) is 27.2. The number of ether oxygens (including phenoxy) is 1. The van der Waals surface area contributed by atoms with E-state index in [9.17, 15) is 13.2 Å². The normalized spacial score (nSPS) is 11.4. The molecule has 0 heterocycles. The van der Waals surface area contributed by atoms with Gasteiger partial charge in [0, 0.05) is 10.0 Å². The number of aryl methyl sites for hydroxylation is 1. The third-order valence-electron chi connectivity index (χ3n) is 5.57. The number of benzene rings is 4. The number of nitrogens with one attached hydrogen (secondary N) is 1. The van der Waals surface area contributed by atoms with Crippen LogP contribution in [0.2, 0.25) is 10.0 Å². The Kier molecular flexibility index (Phi) is 9.24. The second-order valence-electron chi connectivity index (χ2n) is 8.59. The van der Waals surface area contributed by atoms with Crippen LogP contribution in [0.25, 0.3) is 0 Å². The molecule has 0 saturated carbocycles. The molecule has 0 aliphatic rings. The molecular formula is C29H25Cl2N3O4S.